The van der Waals surface area contributed by atoms with Crippen molar-refractivity contribution in [1.82, 2.24) is 15.2 Å². The minimum absolute atomic E-state index is 0.146. The normalized spacial score (nSPS) is 11.8. The van der Waals surface area contributed by atoms with Gasteiger partial charge in [0.2, 0.25) is 0 Å². The van der Waals surface area contributed by atoms with E-state index >= 15 is 0 Å². The molecule has 0 spiro atoms. The molecule has 0 fully saturated rings. The van der Waals surface area contributed by atoms with Gasteiger partial charge in [-0.3, -0.25) is 4.98 Å². The molecule has 2 aromatic heterocycles. The number of benzene rings is 2. The standard InChI is InChI=1S/C23H19FN4/c1-16-5-4-6-18(15-16)23(21-7-2-3-14-25-21)26-22-13-12-20(27-28-22)17-8-10-19(24)11-9-17/h2-15,23H,1H3,(H,26,28). The Bertz CT molecular complexity index is 1050. The quantitative estimate of drug-likeness (QED) is 0.525. The second-order valence-electron chi connectivity index (χ2n) is 6.56. The fraction of sp³-hybridized carbons (Fsp3) is 0.0870. The van der Waals surface area contributed by atoms with Gasteiger partial charge < -0.3 is 5.32 Å². The van der Waals surface area contributed by atoms with Gasteiger partial charge in [-0.1, -0.05) is 35.9 Å². The third-order valence-electron chi connectivity index (χ3n) is 4.46. The van der Waals surface area contributed by atoms with Gasteiger partial charge >= 0.3 is 0 Å². The van der Waals surface area contributed by atoms with Crippen LogP contribution in [0.1, 0.15) is 22.9 Å². The van der Waals surface area contributed by atoms with Crippen LogP contribution in [0, 0.1) is 12.7 Å². The Morgan fingerprint density at radius 3 is 2.39 bits per heavy atom. The van der Waals surface area contributed by atoms with Crippen molar-refractivity contribution in [2.45, 2.75) is 13.0 Å². The fourth-order valence-electron chi connectivity index (χ4n) is 3.06. The molecule has 0 aliphatic rings. The van der Waals surface area contributed by atoms with E-state index in [2.05, 4.69) is 45.6 Å². The van der Waals surface area contributed by atoms with Gasteiger partial charge in [0, 0.05) is 11.8 Å². The molecule has 4 aromatic rings. The molecule has 1 N–H and O–H groups in total. The molecule has 5 heteroatoms. The van der Waals surface area contributed by atoms with Crippen LogP contribution in [-0.4, -0.2) is 15.2 Å². The summed E-state index contributed by atoms with van der Waals surface area (Å²) < 4.78 is 13.1. The topological polar surface area (TPSA) is 50.7 Å². The van der Waals surface area contributed by atoms with Crippen LogP contribution in [0.4, 0.5) is 10.2 Å². The lowest BCUT2D eigenvalue weighted by atomic mass is 10.0. The van der Waals surface area contributed by atoms with Crippen molar-refractivity contribution in [2.75, 3.05) is 5.32 Å². The Morgan fingerprint density at radius 1 is 0.857 bits per heavy atom. The summed E-state index contributed by atoms with van der Waals surface area (Å²) in [6, 6.07) is 24.0. The van der Waals surface area contributed by atoms with Gasteiger partial charge in [-0.05, 0) is 61.0 Å². The zero-order valence-electron chi connectivity index (χ0n) is 15.4. The minimum atomic E-state index is -0.272. The summed E-state index contributed by atoms with van der Waals surface area (Å²) in [5, 5.41) is 12.0. The van der Waals surface area contributed by atoms with Gasteiger partial charge in [0.25, 0.3) is 0 Å². The number of nitrogens with zero attached hydrogens (tertiary/aromatic N) is 3. The molecule has 0 amide bonds. The SMILES string of the molecule is Cc1cccc(C(Nc2ccc(-c3ccc(F)cc3)nn2)c2ccccn2)c1. The Hall–Kier alpha value is -3.60. The van der Waals surface area contributed by atoms with Gasteiger partial charge in [-0.25, -0.2) is 4.39 Å². The number of hydrogen-bond donors (Lipinski definition) is 1. The smallest absolute Gasteiger partial charge is 0.149 e. The third-order valence-corrected chi connectivity index (χ3v) is 4.46. The predicted molar refractivity (Wildman–Crippen MR) is 108 cm³/mol. The average Bonchev–Trinajstić information content (AvgIpc) is 2.74. The summed E-state index contributed by atoms with van der Waals surface area (Å²) in [7, 11) is 0. The lowest BCUT2D eigenvalue weighted by Crippen LogP contribution is -2.15. The minimum Gasteiger partial charge on any atom is -0.356 e. The van der Waals surface area contributed by atoms with E-state index in [-0.39, 0.29) is 11.9 Å². The first-order valence-electron chi connectivity index (χ1n) is 9.03. The average molecular weight is 370 g/mol. The van der Waals surface area contributed by atoms with Gasteiger partial charge in [-0.15, -0.1) is 10.2 Å². The Morgan fingerprint density at radius 2 is 1.71 bits per heavy atom. The highest BCUT2D eigenvalue weighted by molar-refractivity contribution is 5.59. The molecule has 0 aliphatic heterocycles. The first-order valence-corrected chi connectivity index (χ1v) is 9.03. The molecule has 0 aliphatic carbocycles. The molecule has 1 unspecified atom stereocenters. The number of aromatic nitrogens is 3. The van der Waals surface area contributed by atoms with Crippen molar-refractivity contribution in [1.29, 1.82) is 0 Å². The Labute approximate surface area is 163 Å². The summed E-state index contributed by atoms with van der Waals surface area (Å²) in [5.74, 6) is 0.370. The van der Waals surface area contributed by atoms with Crippen molar-refractivity contribution in [3.8, 4) is 11.3 Å². The predicted octanol–water partition coefficient (Wildman–Crippen LogP) is 5.19. The number of nitrogens with one attached hydrogen (secondary N) is 1. The highest BCUT2D eigenvalue weighted by atomic mass is 19.1. The molecule has 4 rings (SSSR count). The number of halogens is 1. The molecule has 138 valence electrons. The lowest BCUT2D eigenvalue weighted by Gasteiger charge is -2.19. The number of pyridine rings is 1. The summed E-state index contributed by atoms with van der Waals surface area (Å²) in [4.78, 5) is 4.51. The summed E-state index contributed by atoms with van der Waals surface area (Å²) in [6.45, 7) is 2.07. The molecular formula is C23H19FN4. The summed E-state index contributed by atoms with van der Waals surface area (Å²) in [5.41, 5.74) is 4.69. The molecule has 2 heterocycles. The van der Waals surface area contributed by atoms with E-state index in [4.69, 9.17) is 0 Å². The van der Waals surface area contributed by atoms with Crippen LogP contribution in [0.3, 0.4) is 0 Å². The van der Waals surface area contributed by atoms with E-state index < -0.39 is 0 Å². The molecule has 0 bridgehead atoms. The van der Waals surface area contributed by atoms with E-state index in [9.17, 15) is 4.39 Å². The third kappa shape index (κ3) is 4.04. The van der Waals surface area contributed by atoms with Gasteiger partial charge in [0.15, 0.2) is 0 Å². The number of anilines is 1. The maximum absolute atomic E-state index is 13.1. The fourth-order valence-corrected chi connectivity index (χ4v) is 3.06. The van der Waals surface area contributed by atoms with E-state index in [1.54, 1.807) is 18.3 Å². The van der Waals surface area contributed by atoms with Crippen molar-refractivity contribution in [2.24, 2.45) is 0 Å². The van der Waals surface area contributed by atoms with Crippen molar-refractivity contribution >= 4 is 5.82 Å². The van der Waals surface area contributed by atoms with Gasteiger partial charge in [-0.2, -0.15) is 0 Å². The first kappa shape index (κ1) is 17.8. The van der Waals surface area contributed by atoms with Gasteiger partial charge in [0.1, 0.15) is 11.6 Å². The maximum atomic E-state index is 13.1. The van der Waals surface area contributed by atoms with Gasteiger partial charge in [0.05, 0.1) is 17.4 Å². The van der Waals surface area contributed by atoms with Crippen LogP contribution in [-0.2, 0) is 0 Å². The van der Waals surface area contributed by atoms with Crippen molar-refractivity contribution in [3.63, 3.8) is 0 Å². The molecular weight excluding hydrogens is 351 g/mol. The van der Waals surface area contributed by atoms with Crippen LogP contribution in [0.15, 0.2) is 85.1 Å². The number of hydrogen-bond acceptors (Lipinski definition) is 4. The molecule has 2 aromatic carbocycles. The molecule has 4 nitrogen and oxygen atoms in total. The monoisotopic (exact) mass is 370 g/mol. The molecule has 0 saturated carbocycles. The second kappa shape index (κ2) is 7.96. The number of aryl methyl sites for hydroxylation is 1. The highest BCUT2D eigenvalue weighted by Crippen LogP contribution is 2.26. The summed E-state index contributed by atoms with van der Waals surface area (Å²) >= 11 is 0. The van der Waals surface area contributed by atoms with E-state index in [0.717, 1.165) is 16.8 Å². The molecule has 0 saturated heterocycles. The van der Waals surface area contributed by atoms with Crippen LogP contribution < -0.4 is 5.32 Å². The zero-order valence-corrected chi connectivity index (χ0v) is 15.4. The van der Waals surface area contributed by atoms with E-state index in [1.165, 1.54) is 17.7 Å². The van der Waals surface area contributed by atoms with Crippen LogP contribution in [0.2, 0.25) is 0 Å². The van der Waals surface area contributed by atoms with Crippen LogP contribution in [0.5, 0.6) is 0 Å². The zero-order chi connectivity index (χ0) is 19.3. The Balaban J connectivity index is 1.62. The first-order chi connectivity index (χ1) is 13.7. The molecule has 28 heavy (non-hydrogen) atoms. The van der Waals surface area contributed by atoms with E-state index in [0.29, 0.717) is 11.5 Å². The largest absolute Gasteiger partial charge is 0.356 e. The Kier molecular flexibility index (Phi) is 5.06. The molecule has 0 radical (unpaired) electrons. The van der Waals surface area contributed by atoms with Crippen molar-refractivity contribution in [3.05, 3.63) is 108 Å². The van der Waals surface area contributed by atoms with Crippen LogP contribution in [0.25, 0.3) is 11.3 Å². The maximum Gasteiger partial charge on any atom is 0.149 e. The summed E-state index contributed by atoms with van der Waals surface area (Å²) in [6.07, 6.45) is 1.78. The molecule has 1 atom stereocenters. The lowest BCUT2D eigenvalue weighted by molar-refractivity contribution is 0.628. The highest BCUT2D eigenvalue weighted by Gasteiger charge is 2.16. The van der Waals surface area contributed by atoms with E-state index in [1.807, 2.05) is 36.4 Å². The van der Waals surface area contributed by atoms with Crippen LogP contribution >= 0.6 is 0 Å². The van der Waals surface area contributed by atoms with Crippen molar-refractivity contribution < 1.29 is 4.39 Å². The second-order valence-corrected chi connectivity index (χ2v) is 6.56. The number of rotatable bonds is 5.